The first-order chi connectivity index (χ1) is 22.2. The summed E-state index contributed by atoms with van der Waals surface area (Å²) >= 11 is 0. The molecule has 4 atom stereocenters. The molecule has 2 unspecified atom stereocenters. The highest BCUT2D eigenvalue weighted by molar-refractivity contribution is 5.97. The Balaban J connectivity index is 1.46. The van der Waals surface area contributed by atoms with E-state index in [9.17, 15) is 25.4 Å². The SMILES string of the molecule is CCOC(=O)CCCCOc1cc(CNc2c(C#N)c3c(N)ncnc3n2C2OC(CO)[C@@H](O)[C@@]2(C)O)ccc1-c1ccccc1. The number of hydrogen-bond donors (Lipinski definition) is 5. The van der Waals surface area contributed by atoms with Gasteiger partial charge in [0.1, 0.15) is 53.2 Å². The molecule has 1 saturated heterocycles. The average Bonchev–Trinajstić information content (AvgIpc) is 3.49. The number of rotatable bonds is 13. The van der Waals surface area contributed by atoms with Gasteiger partial charge in [0.05, 0.1) is 25.2 Å². The van der Waals surface area contributed by atoms with Gasteiger partial charge in [0.15, 0.2) is 11.9 Å². The largest absolute Gasteiger partial charge is 0.493 e. The van der Waals surface area contributed by atoms with Crippen molar-refractivity contribution in [2.45, 2.75) is 63.7 Å². The summed E-state index contributed by atoms with van der Waals surface area (Å²) in [4.78, 5) is 20.1. The summed E-state index contributed by atoms with van der Waals surface area (Å²) < 4.78 is 18.6. The zero-order chi connectivity index (χ0) is 32.8. The average molecular weight is 631 g/mol. The number of nitriles is 1. The molecular weight excluding hydrogens is 592 g/mol. The summed E-state index contributed by atoms with van der Waals surface area (Å²) in [6.07, 6.45) is -0.863. The summed E-state index contributed by atoms with van der Waals surface area (Å²) in [7, 11) is 0. The second-order valence-electron chi connectivity index (χ2n) is 11.2. The number of aromatic nitrogens is 3. The van der Waals surface area contributed by atoms with Crippen LogP contribution in [0.15, 0.2) is 54.9 Å². The number of carbonyl (C=O) groups is 1. The number of aliphatic hydroxyl groups excluding tert-OH is 2. The Morgan fingerprint density at radius 1 is 1.22 bits per heavy atom. The molecule has 242 valence electrons. The minimum Gasteiger partial charge on any atom is -0.493 e. The van der Waals surface area contributed by atoms with Gasteiger partial charge in [-0.2, -0.15) is 5.26 Å². The predicted octanol–water partition coefficient (Wildman–Crippen LogP) is 3.28. The molecule has 1 aliphatic heterocycles. The number of fused-ring (bicyclic) bond motifs is 1. The van der Waals surface area contributed by atoms with Gasteiger partial charge in [-0.05, 0) is 43.9 Å². The third kappa shape index (κ3) is 6.47. The number of nitrogens with two attached hydrogens (primary N) is 1. The summed E-state index contributed by atoms with van der Waals surface area (Å²) in [5.41, 5.74) is 7.36. The number of benzene rings is 2. The molecule has 13 heteroatoms. The van der Waals surface area contributed by atoms with Crippen LogP contribution in [0.4, 0.5) is 11.6 Å². The Labute approximate surface area is 266 Å². The number of ether oxygens (including phenoxy) is 3. The maximum Gasteiger partial charge on any atom is 0.305 e. The van der Waals surface area contributed by atoms with E-state index in [1.807, 2.05) is 48.5 Å². The van der Waals surface area contributed by atoms with Crippen LogP contribution >= 0.6 is 0 Å². The highest BCUT2D eigenvalue weighted by atomic mass is 16.6. The molecule has 0 saturated carbocycles. The molecule has 5 rings (SSSR count). The van der Waals surface area contributed by atoms with E-state index in [0.717, 1.165) is 16.7 Å². The number of aliphatic hydroxyl groups is 3. The number of nitrogen functional groups attached to an aromatic ring is 1. The minimum atomic E-state index is -1.85. The summed E-state index contributed by atoms with van der Waals surface area (Å²) in [5, 5.41) is 45.6. The Kier molecular flexibility index (Phi) is 10.0. The molecule has 13 nitrogen and oxygen atoms in total. The number of anilines is 2. The molecule has 3 heterocycles. The number of esters is 1. The number of hydrogen-bond acceptors (Lipinski definition) is 12. The maximum atomic E-state index is 11.7. The lowest BCUT2D eigenvalue weighted by Gasteiger charge is -2.29. The van der Waals surface area contributed by atoms with Gasteiger partial charge in [-0.3, -0.25) is 9.36 Å². The second kappa shape index (κ2) is 14.1. The van der Waals surface area contributed by atoms with Crippen molar-refractivity contribution in [3.63, 3.8) is 0 Å². The van der Waals surface area contributed by atoms with Gasteiger partial charge in [0.25, 0.3) is 0 Å². The topological polar surface area (TPSA) is 198 Å². The van der Waals surface area contributed by atoms with Crippen LogP contribution in [0.1, 0.15) is 50.5 Å². The number of carbonyl (C=O) groups excluding carboxylic acids is 1. The molecule has 0 bridgehead atoms. The van der Waals surface area contributed by atoms with Crippen molar-refractivity contribution in [2.75, 3.05) is 30.9 Å². The van der Waals surface area contributed by atoms with Crippen LogP contribution in [0.25, 0.3) is 22.2 Å². The Hall–Kier alpha value is -4.74. The molecule has 1 fully saturated rings. The fourth-order valence-electron chi connectivity index (χ4n) is 5.66. The minimum absolute atomic E-state index is 0.0612. The van der Waals surface area contributed by atoms with E-state index in [2.05, 4.69) is 21.4 Å². The van der Waals surface area contributed by atoms with Crippen LogP contribution < -0.4 is 15.8 Å². The summed E-state index contributed by atoms with van der Waals surface area (Å²) in [6.45, 7) is 3.60. The third-order valence-electron chi connectivity index (χ3n) is 8.02. The highest BCUT2D eigenvalue weighted by Gasteiger charge is 2.54. The lowest BCUT2D eigenvalue weighted by atomic mass is 9.96. The monoisotopic (exact) mass is 630 g/mol. The van der Waals surface area contributed by atoms with Crippen LogP contribution in [0.3, 0.4) is 0 Å². The number of nitrogens with zero attached hydrogens (tertiary/aromatic N) is 4. The van der Waals surface area contributed by atoms with Crippen LogP contribution in [-0.2, 0) is 20.8 Å². The van der Waals surface area contributed by atoms with E-state index in [4.69, 9.17) is 19.9 Å². The van der Waals surface area contributed by atoms with Crippen molar-refractivity contribution >= 4 is 28.6 Å². The van der Waals surface area contributed by atoms with E-state index in [1.165, 1.54) is 17.8 Å². The smallest absolute Gasteiger partial charge is 0.305 e. The van der Waals surface area contributed by atoms with Crippen LogP contribution in [0, 0.1) is 11.3 Å². The van der Waals surface area contributed by atoms with Crippen molar-refractivity contribution in [1.82, 2.24) is 14.5 Å². The fraction of sp³-hybridized carbons (Fsp3) is 0.394. The van der Waals surface area contributed by atoms with E-state index in [1.54, 1.807) is 6.92 Å². The Bertz CT molecular complexity index is 1720. The van der Waals surface area contributed by atoms with Gasteiger partial charge in [0.2, 0.25) is 0 Å². The highest BCUT2D eigenvalue weighted by Crippen LogP contribution is 2.44. The van der Waals surface area contributed by atoms with E-state index >= 15 is 0 Å². The van der Waals surface area contributed by atoms with Crippen molar-refractivity contribution < 1.29 is 34.3 Å². The normalized spacial score (nSPS) is 20.8. The first-order valence-corrected chi connectivity index (χ1v) is 15.1. The molecule has 2 aromatic carbocycles. The van der Waals surface area contributed by atoms with Crippen LogP contribution in [0.2, 0.25) is 0 Å². The van der Waals surface area contributed by atoms with E-state index in [0.29, 0.717) is 38.2 Å². The lowest BCUT2D eigenvalue weighted by molar-refractivity contribution is -0.143. The maximum absolute atomic E-state index is 11.7. The van der Waals surface area contributed by atoms with Gasteiger partial charge in [-0.15, -0.1) is 0 Å². The zero-order valence-corrected chi connectivity index (χ0v) is 25.7. The van der Waals surface area contributed by atoms with Gasteiger partial charge in [0, 0.05) is 18.5 Å². The summed E-state index contributed by atoms with van der Waals surface area (Å²) in [6, 6.07) is 17.8. The zero-order valence-electron chi connectivity index (χ0n) is 25.7. The molecule has 6 N–H and O–H groups in total. The fourth-order valence-corrected chi connectivity index (χ4v) is 5.66. The molecule has 0 spiro atoms. The van der Waals surface area contributed by atoms with Gasteiger partial charge < -0.3 is 40.6 Å². The first-order valence-electron chi connectivity index (χ1n) is 15.1. The predicted molar refractivity (Wildman–Crippen MR) is 169 cm³/mol. The van der Waals surface area contributed by atoms with Crippen molar-refractivity contribution in [3.8, 4) is 22.9 Å². The Morgan fingerprint density at radius 2 is 2.00 bits per heavy atom. The molecule has 46 heavy (non-hydrogen) atoms. The van der Waals surface area contributed by atoms with Gasteiger partial charge >= 0.3 is 5.97 Å². The van der Waals surface area contributed by atoms with Crippen LogP contribution in [0.5, 0.6) is 5.75 Å². The van der Waals surface area contributed by atoms with Crippen LogP contribution in [-0.4, -0.2) is 73.5 Å². The molecule has 0 amide bonds. The number of unbranched alkanes of at least 4 members (excludes halogenated alkanes) is 1. The third-order valence-corrected chi connectivity index (χ3v) is 8.02. The van der Waals surface area contributed by atoms with E-state index in [-0.39, 0.29) is 40.7 Å². The molecular formula is C33H38N6O7. The van der Waals surface area contributed by atoms with Crippen molar-refractivity contribution in [3.05, 3.63) is 66.0 Å². The first kappa shape index (κ1) is 32.6. The molecule has 2 aromatic heterocycles. The van der Waals surface area contributed by atoms with Gasteiger partial charge in [-0.25, -0.2) is 9.97 Å². The summed E-state index contributed by atoms with van der Waals surface area (Å²) in [5.74, 6) is 0.725. The number of nitrogens with one attached hydrogen (secondary N) is 1. The molecule has 0 aliphatic carbocycles. The molecule has 0 radical (unpaired) electrons. The van der Waals surface area contributed by atoms with Crippen molar-refractivity contribution in [1.29, 1.82) is 5.26 Å². The lowest BCUT2D eigenvalue weighted by Crippen LogP contribution is -2.44. The molecule has 4 aromatic rings. The van der Waals surface area contributed by atoms with Crippen molar-refractivity contribution in [2.24, 2.45) is 0 Å². The standard InChI is InChI=1S/C33H38N6O7/c1-3-44-26(41)11-7-8-14-45-24-15-20(12-13-22(24)21-9-5-4-6-10-21)17-36-30-23(16-34)27-29(35)37-19-38-31(27)39(30)32-33(2,43)28(42)25(18-40)46-32/h4-6,9-10,12-13,15,19,25,28,32,36,40,42-43H,3,7-8,11,14,17-18H2,1-2H3,(H2,35,37,38)/t25?,28-,32?,33-/m1/s1. The van der Waals surface area contributed by atoms with Gasteiger partial charge in [-0.1, -0.05) is 42.5 Å². The molecule has 1 aliphatic rings. The Morgan fingerprint density at radius 3 is 2.70 bits per heavy atom. The van der Waals surface area contributed by atoms with E-state index < -0.39 is 30.6 Å². The second-order valence-corrected chi connectivity index (χ2v) is 11.2. The quantitative estimate of drug-likeness (QED) is 0.107.